The number of carboxylic acids is 2. The van der Waals surface area contributed by atoms with Crippen molar-refractivity contribution in [3.05, 3.63) is 30.1 Å². The van der Waals surface area contributed by atoms with E-state index in [-0.39, 0.29) is 5.54 Å². The van der Waals surface area contributed by atoms with Gasteiger partial charge in [-0.05, 0) is 45.4 Å². The Balaban J connectivity index is 0.000000459. The molecule has 0 saturated heterocycles. The Morgan fingerprint density at radius 3 is 2.21 bits per heavy atom. The van der Waals surface area contributed by atoms with Crippen molar-refractivity contribution in [1.29, 1.82) is 0 Å². The first kappa shape index (κ1) is 17.1. The van der Waals surface area contributed by atoms with Crippen molar-refractivity contribution in [3.63, 3.8) is 0 Å². The monoisotopic (exact) mass is 268 g/mol. The van der Waals surface area contributed by atoms with Gasteiger partial charge in [0.15, 0.2) is 0 Å². The van der Waals surface area contributed by atoms with Crippen molar-refractivity contribution in [2.75, 3.05) is 6.54 Å². The molecule has 0 atom stereocenters. The third kappa shape index (κ3) is 10.9. The topological polar surface area (TPSA) is 99.5 Å². The van der Waals surface area contributed by atoms with Crippen LogP contribution in [0.15, 0.2) is 24.5 Å². The van der Waals surface area contributed by atoms with Crippen LogP contribution < -0.4 is 5.32 Å². The van der Waals surface area contributed by atoms with Crippen LogP contribution in [0.5, 0.6) is 0 Å². The highest BCUT2D eigenvalue weighted by Crippen LogP contribution is 2.00. The summed E-state index contributed by atoms with van der Waals surface area (Å²) < 4.78 is 0. The molecule has 0 aromatic carbocycles. The van der Waals surface area contributed by atoms with E-state index < -0.39 is 11.9 Å². The Morgan fingerprint density at radius 2 is 1.84 bits per heavy atom. The molecule has 6 nitrogen and oxygen atoms in total. The van der Waals surface area contributed by atoms with Crippen LogP contribution in [0.1, 0.15) is 26.3 Å². The van der Waals surface area contributed by atoms with Gasteiger partial charge in [-0.25, -0.2) is 9.59 Å². The zero-order chi connectivity index (χ0) is 14.9. The Labute approximate surface area is 112 Å². The molecule has 19 heavy (non-hydrogen) atoms. The maximum Gasteiger partial charge on any atom is 0.414 e. The van der Waals surface area contributed by atoms with E-state index in [2.05, 4.69) is 37.1 Å². The number of nitrogens with one attached hydrogen (secondary N) is 1. The molecular weight excluding hydrogens is 248 g/mol. The first-order valence-electron chi connectivity index (χ1n) is 5.82. The van der Waals surface area contributed by atoms with E-state index in [9.17, 15) is 0 Å². The van der Waals surface area contributed by atoms with Crippen LogP contribution in [0.25, 0.3) is 0 Å². The molecule has 0 amide bonds. The zero-order valence-corrected chi connectivity index (χ0v) is 11.4. The van der Waals surface area contributed by atoms with E-state index in [1.807, 2.05) is 12.3 Å². The Hall–Kier alpha value is -1.95. The highest BCUT2D eigenvalue weighted by atomic mass is 16.4. The van der Waals surface area contributed by atoms with Crippen molar-refractivity contribution in [1.82, 2.24) is 10.3 Å². The Bertz CT molecular complexity index is 387. The lowest BCUT2D eigenvalue weighted by Gasteiger charge is -2.20. The smallest absolute Gasteiger partial charge is 0.414 e. The summed E-state index contributed by atoms with van der Waals surface area (Å²) in [6.07, 6.45) is 4.77. The first-order chi connectivity index (χ1) is 8.72. The molecule has 0 bridgehead atoms. The second-order valence-electron chi connectivity index (χ2n) is 4.90. The van der Waals surface area contributed by atoms with Gasteiger partial charge < -0.3 is 15.5 Å². The van der Waals surface area contributed by atoms with Crippen LogP contribution >= 0.6 is 0 Å². The van der Waals surface area contributed by atoms with E-state index in [1.54, 1.807) is 6.20 Å². The van der Waals surface area contributed by atoms with Crippen molar-refractivity contribution >= 4 is 11.9 Å². The molecule has 106 valence electrons. The minimum atomic E-state index is -1.82. The predicted octanol–water partition coefficient (Wildman–Crippen LogP) is 1.17. The van der Waals surface area contributed by atoms with Crippen molar-refractivity contribution in [2.45, 2.75) is 32.7 Å². The second kappa shape index (κ2) is 8.20. The van der Waals surface area contributed by atoms with Gasteiger partial charge in [0, 0.05) is 17.9 Å². The standard InChI is InChI=1S/C11H18N2.C2H2O4/c1-11(2,3)13-8-6-10-5-4-7-12-9-10;3-1(4)2(5)6/h4-5,7,9,13H,6,8H2,1-3H3;(H,3,4)(H,5,6). The number of pyridine rings is 1. The van der Waals surface area contributed by atoms with Gasteiger partial charge in [-0.1, -0.05) is 6.07 Å². The Kier molecular flexibility index (Phi) is 7.36. The third-order valence-corrected chi connectivity index (χ3v) is 1.97. The minimum absolute atomic E-state index is 0.211. The van der Waals surface area contributed by atoms with E-state index >= 15 is 0 Å². The minimum Gasteiger partial charge on any atom is -0.473 e. The quantitative estimate of drug-likeness (QED) is 0.712. The van der Waals surface area contributed by atoms with Gasteiger partial charge in [0.1, 0.15) is 0 Å². The van der Waals surface area contributed by atoms with Crippen LogP contribution in [-0.2, 0) is 16.0 Å². The van der Waals surface area contributed by atoms with Crippen LogP contribution in [-0.4, -0.2) is 39.2 Å². The molecule has 1 aromatic heterocycles. The van der Waals surface area contributed by atoms with Crippen LogP contribution in [0.4, 0.5) is 0 Å². The van der Waals surface area contributed by atoms with E-state index in [0.29, 0.717) is 0 Å². The summed E-state index contributed by atoms with van der Waals surface area (Å²) >= 11 is 0. The molecule has 0 aliphatic heterocycles. The van der Waals surface area contributed by atoms with Gasteiger partial charge in [0.25, 0.3) is 0 Å². The van der Waals surface area contributed by atoms with Gasteiger partial charge in [-0.2, -0.15) is 0 Å². The van der Waals surface area contributed by atoms with Crippen LogP contribution in [0.2, 0.25) is 0 Å². The third-order valence-electron chi connectivity index (χ3n) is 1.97. The van der Waals surface area contributed by atoms with Crippen molar-refractivity contribution in [3.8, 4) is 0 Å². The van der Waals surface area contributed by atoms with Gasteiger partial charge in [-0.3, -0.25) is 4.98 Å². The lowest BCUT2D eigenvalue weighted by atomic mass is 10.1. The van der Waals surface area contributed by atoms with Crippen molar-refractivity contribution in [2.24, 2.45) is 0 Å². The SMILES string of the molecule is CC(C)(C)NCCc1cccnc1.O=C(O)C(=O)O. The number of aromatic nitrogens is 1. The fourth-order valence-electron chi connectivity index (χ4n) is 1.13. The lowest BCUT2D eigenvalue weighted by molar-refractivity contribution is -0.159. The number of rotatable bonds is 3. The van der Waals surface area contributed by atoms with Gasteiger partial charge in [0.05, 0.1) is 0 Å². The van der Waals surface area contributed by atoms with E-state index in [1.165, 1.54) is 5.56 Å². The molecule has 0 radical (unpaired) electrons. The molecule has 0 fully saturated rings. The molecule has 6 heteroatoms. The van der Waals surface area contributed by atoms with Gasteiger partial charge >= 0.3 is 11.9 Å². The van der Waals surface area contributed by atoms with Gasteiger partial charge in [-0.15, -0.1) is 0 Å². The maximum atomic E-state index is 9.10. The molecule has 0 saturated carbocycles. The van der Waals surface area contributed by atoms with Crippen LogP contribution in [0, 0.1) is 0 Å². The molecule has 1 heterocycles. The average Bonchev–Trinajstić information content (AvgIpc) is 2.29. The van der Waals surface area contributed by atoms with Crippen LogP contribution in [0.3, 0.4) is 0 Å². The fraction of sp³-hybridized carbons (Fsp3) is 0.462. The molecule has 3 N–H and O–H groups in total. The number of carboxylic acid groups (broad SMARTS) is 2. The molecule has 1 rings (SSSR count). The fourth-order valence-corrected chi connectivity index (χ4v) is 1.13. The average molecular weight is 268 g/mol. The largest absolute Gasteiger partial charge is 0.473 e. The molecule has 0 aliphatic carbocycles. The summed E-state index contributed by atoms with van der Waals surface area (Å²) in [5.41, 5.74) is 1.50. The predicted molar refractivity (Wildman–Crippen MR) is 71.0 cm³/mol. The maximum absolute atomic E-state index is 9.10. The first-order valence-corrected chi connectivity index (χ1v) is 5.82. The summed E-state index contributed by atoms with van der Waals surface area (Å²) in [5.74, 6) is -3.65. The number of carbonyl (C=O) groups is 2. The summed E-state index contributed by atoms with van der Waals surface area (Å²) in [5, 5.41) is 18.2. The number of hydrogen-bond donors (Lipinski definition) is 3. The summed E-state index contributed by atoms with van der Waals surface area (Å²) in [7, 11) is 0. The highest BCUT2D eigenvalue weighted by Gasteiger charge is 2.07. The highest BCUT2D eigenvalue weighted by molar-refractivity contribution is 6.27. The number of nitrogens with zero attached hydrogens (tertiary/aromatic N) is 1. The molecule has 0 aliphatic rings. The van der Waals surface area contributed by atoms with E-state index in [0.717, 1.165) is 13.0 Å². The van der Waals surface area contributed by atoms with Gasteiger partial charge in [0.2, 0.25) is 0 Å². The zero-order valence-electron chi connectivity index (χ0n) is 11.4. The summed E-state index contributed by atoms with van der Waals surface area (Å²) in [6, 6.07) is 4.09. The number of aliphatic carboxylic acids is 2. The number of hydrogen-bond acceptors (Lipinski definition) is 4. The summed E-state index contributed by atoms with van der Waals surface area (Å²) in [4.78, 5) is 22.3. The molecule has 0 spiro atoms. The molecule has 1 aromatic rings. The lowest BCUT2D eigenvalue weighted by Crippen LogP contribution is -2.37. The Morgan fingerprint density at radius 1 is 1.26 bits per heavy atom. The van der Waals surface area contributed by atoms with E-state index in [4.69, 9.17) is 19.8 Å². The second-order valence-corrected chi connectivity index (χ2v) is 4.90. The molecular formula is C13H20N2O4. The normalized spacial score (nSPS) is 10.3. The van der Waals surface area contributed by atoms with Crippen molar-refractivity contribution < 1.29 is 19.8 Å². The summed E-state index contributed by atoms with van der Waals surface area (Å²) in [6.45, 7) is 7.54. The molecule has 0 unspecified atom stereocenters.